The third-order valence-corrected chi connectivity index (χ3v) is 4.30. The molecule has 4 heteroatoms. The van der Waals surface area contributed by atoms with Crippen molar-refractivity contribution in [2.75, 3.05) is 0 Å². The maximum atomic E-state index is 13.0. The number of para-hydroxylation sites is 1. The third-order valence-electron chi connectivity index (χ3n) is 3.35. The summed E-state index contributed by atoms with van der Waals surface area (Å²) in [4.78, 5) is 17.7. The van der Waals surface area contributed by atoms with Crippen LogP contribution < -0.4 is 5.56 Å². The van der Waals surface area contributed by atoms with Gasteiger partial charge in [0.2, 0.25) is 0 Å². The van der Waals surface area contributed by atoms with Crippen LogP contribution >= 0.6 is 11.8 Å². The van der Waals surface area contributed by atoms with Gasteiger partial charge in [-0.2, -0.15) is 0 Å². The molecule has 3 aromatic rings. The summed E-state index contributed by atoms with van der Waals surface area (Å²) < 4.78 is 1.72. The molecule has 3 rings (SSSR count). The van der Waals surface area contributed by atoms with E-state index in [0.717, 1.165) is 21.9 Å². The van der Waals surface area contributed by atoms with Gasteiger partial charge in [-0.25, -0.2) is 4.98 Å². The number of thioether (sulfide) groups is 1. The number of aromatic nitrogens is 2. The first kappa shape index (κ1) is 14.9. The fourth-order valence-corrected chi connectivity index (χ4v) is 3.26. The minimum absolute atomic E-state index is 0.0145. The first-order chi connectivity index (χ1) is 10.6. The van der Waals surface area contributed by atoms with Gasteiger partial charge in [0.15, 0.2) is 5.16 Å². The standard InChI is InChI=1S/C18H18N2OS/c1-12(2)22-18-19-16-10-5-4-9-15(16)17(21)20(18)14-8-6-7-13(3)11-14/h4-12H,1-3H3. The smallest absolute Gasteiger partial charge is 0.266 e. The maximum Gasteiger partial charge on any atom is 0.266 e. The molecule has 0 saturated heterocycles. The van der Waals surface area contributed by atoms with Gasteiger partial charge in [0, 0.05) is 5.25 Å². The Morgan fingerprint density at radius 2 is 1.86 bits per heavy atom. The molecule has 0 spiro atoms. The van der Waals surface area contributed by atoms with Gasteiger partial charge in [0.25, 0.3) is 5.56 Å². The lowest BCUT2D eigenvalue weighted by Crippen LogP contribution is -2.22. The molecule has 0 fully saturated rings. The van der Waals surface area contributed by atoms with E-state index in [0.29, 0.717) is 10.6 Å². The monoisotopic (exact) mass is 310 g/mol. The van der Waals surface area contributed by atoms with Gasteiger partial charge in [-0.05, 0) is 36.8 Å². The van der Waals surface area contributed by atoms with Gasteiger partial charge in [0.05, 0.1) is 16.6 Å². The van der Waals surface area contributed by atoms with Crippen molar-refractivity contribution in [1.29, 1.82) is 0 Å². The zero-order valence-corrected chi connectivity index (χ0v) is 13.7. The molecule has 0 aliphatic heterocycles. The molecule has 0 aliphatic rings. The van der Waals surface area contributed by atoms with Crippen molar-refractivity contribution in [3.8, 4) is 5.69 Å². The highest BCUT2D eigenvalue weighted by Crippen LogP contribution is 2.24. The number of benzene rings is 2. The lowest BCUT2D eigenvalue weighted by Gasteiger charge is -2.14. The molecule has 0 radical (unpaired) electrons. The second kappa shape index (κ2) is 5.97. The molecular weight excluding hydrogens is 292 g/mol. The number of hydrogen-bond donors (Lipinski definition) is 0. The first-order valence-electron chi connectivity index (χ1n) is 7.32. The van der Waals surface area contributed by atoms with Crippen LogP contribution in [0.1, 0.15) is 19.4 Å². The zero-order chi connectivity index (χ0) is 15.7. The van der Waals surface area contributed by atoms with E-state index < -0.39 is 0 Å². The summed E-state index contributed by atoms with van der Waals surface area (Å²) >= 11 is 1.61. The quantitative estimate of drug-likeness (QED) is 0.537. The van der Waals surface area contributed by atoms with Crippen LogP contribution in [-0.2, 0) is 0 Å². The average Bonchev–Trinajstić information content (AvgIpc) is 2.47. The Kier molecular flexibility index (Phi) is 4.03. The number of fused-ring (bicyclic) bond motifs is 1. The second-order valence-corrected chi connectivity index (χ2v) is 7.10. The average molecular weight is 310 g/mol. The minimum atomic E-state index is -0.0145. The van der Waals surface area contributed by atoms with Crippen LogP contribution in [0.15, 0.2) is 58.5 Å². The van der Waals surface area contributed by atoms with Crippen molar-refractivity contribution in [1.82, 2.24) is 9.55 Å². The minimum Gasteiger partial charge on any atom is -0.268 e. The van der Waals surface area contributed by atoms with E-state index in [2.05, 4.69) is 13.8 Å². The first-order valence-corrected chi connectivity index (χ1v) is 8.20. The van der Waals surface area contributed by atoms with Gasteiger partial charge in [-0.15, -0.1) is 0 Å². The largest absolute Gasteiger partial charge is 0.268 e. The summed E-state index contributed by atoms with van der Waals surface area (Å²) in [5.41, 5.74) is 2.73. The Balaban J connectivity index is 2.34. The van der Waals surface area contributed by atoms with E-state index >= 15 is 0 Å². The number of hydrogen-bond acceptors (Lipinski definition) is 3. The normalized spacial score (nSPS) is 11.3. The molecule has 1 heterocycles. The lowest BCUT2D eigenvalue weighted by molar-refractivity contribution is 0.815. The molecule has 0 atom stereocenters. The second-order valence-electron chi connectivity index (χ2n) is 5.56. The zero-order valence-electron chi connectivity index (χ0n) is 12.9. The van der Waals surface area contributed by atoms with Gasteiger partial charge in [-0.3, -0.25) is 9.36 Å². The molecule has 112 valence electrons. The summed E-state index contributed by atoms with van der Waals surface area (Å²) in [5, 5.41) is 1.74. The molecule has 0 amide bonds. The third kappa shape index (κ3) is 2.79. The molecule has 0 unspecified atom stereocenters. The van der Waals surface area contributed by atoms with Crippen LogP contribution in [0.3, 0.4) is 0 Å². The summed E-state index contributed by atoms with van der Waals surface area (Å²) in [6, 6.07) is 15.5. The maximum absolute atomic E-state index is 13.0. The SMILES string of the molecule is Cc1cccc(-n2c(SC(C)C)nc3ccccc3c2=O)c1. The fourth-order valence-electron chi connectivity index (χ4n) is 2.40. The Labute approximate surface area is 134 Å². The van der Waals surface area contributed by atoms with Crippen LogP contribution in [0.2, 0.25) is 0 Å². The highest BCUT2D eigenvalue weighted by Gasteiger charge is 2.14. The fraction of sp³-hybridized carbons (Fsp3) is 0.222. The molecule has 0 saturated carbocycles. The molecule has 0 N–H and O–H groups in total. The van der Waals surface area contributed by atoms with E-state index in [9.17, 15) is 4.79 Å². The van der Waals surface area contributed by atoms with Crippen LogP contribution in [0.4, 0.5) is 0 Å². The van der Waals surface area contributed by atoms with Crippen molar-refractivity contribution >= 4 is 22.7 Å². The lowest BCUT2D eigenvalue weighted by atomic mass is 10.2. The molecule has 1 aromatic heterocycles. The van der Waals surface area contributed by atoms with Crippen molar-refractivity contribution < 1.29 is 0 Å². The highest BCUT2D eigenvalue weighted by molar-refractivity contribution is 7.99. The molecule has 0 aliphatic carbocycles. The predicted octanol–water partition coefficient (Wildman–Crippen LogP) is 4.19. The number of aryl methyl sites for hydroxylation is 1. The van der Waals surface area contributed by atoms with Crippen molar-refractivity contribution in [2.45, 2.75) is 31.2 Å². The van der Waals surface area contributed by atoms with Crippen molar-refractivity contribution in [3.63, 3.8) is 0 Å². The van der Waals surface area contributed by atoms with Crippen LogP contribution in [0, 0.1) is 6.92 Å². The summed E-state index contributed by atoms with van der Waals surface area (Å²) in [5.74, 6) is 0. The number of nitrogens with zero attached hydrogens (tertiary/aromatic N) is 2. The van der Waals surface area contributed by atoms with E-state index in [1.807, 2.05) is 55.5 Å². The topological polar surface area (TPSA) is 34.9 Å². The Hall–Kier alpha value is -2.07. The number of rotatable bonds is 3. The Morgan fingerprint density at radius 1 is 1.09 bits per heavy atom. The van der Waals surface area contributed by atoms with Crippen molar-refractivity contribution in [2.24, 2.45) is 0 Å². The van der Waals surface area contributed by atoms with Crippen LogP contribution in [0.5, 0.6) is 0 Å². The van der Waals surface area contributed by atoms with Gasteiger partial charge in [-0.1, -0.05) is 49.9 Å². The molecular formula is C18H18N2OS. The van der Waals surface area contributed by atoms with Crippen molar-refractivity contribution in [3.05, 3.63) is 64.4 Å². The Bertz CT molecular complexity index is 884. The summed E-state index contributed by atoms with van der Waals surface area (Å²) in [6.45, 7) is 6.23. The summed E-state index contributed by atoms with van der Waals surface area (Å²) in [6.07, 6.45) is 0. The van der Waals surface area contributed by atoms with E-state index in [1.165, 1.54) is 0 Å². The van der Waals surface area contributed by atoms with E-state index in [-0.39, 0.29) is 5.56 Å². The van der Waals surface area contributed by atoms with E-state index in [4.69, 9.17) is 4.98 Å². The van der Waals surface area contributed by atoms with Gasteiger partial charge in [0.1, 0.15) is 0 Å². The summed E-state index contributed by atoms with van der Waals surface area (Å²) in [7, 11) is 0. The predicted molar refractivity (Wildman–Crippen MR) is 93.1 cm³/mol. The van der Waals surface area contributed by atoms with Gasteiger partial charge < -0.3 is 0 Å². The molecule has 2 aromatic carbocycles. The van der Waals surface area contributed by atoms with Crippen LogP contribution in [-0.4, -0.2) is 14.8 Å². The molecule has 22 heavy (non-hydrogen) atoms. The molecule has 3 nitrogen and oxygen atoms in total. The Morgan fingerprint density at radius 3 is 2.59 bits per heavy atom. The van der Waals surface area contributed by atoms with Crippen LogP contribution in [0.25, 0.3) is 16.6 Å². The highest BCUT2D eigenvalue weighted by atomic mass is 32.2. The van der Waals surface area contributed by atoms with E-state index in [1.54, 1.807) is 16.3 Å². The molecule has 0 bridgehead atoms. The van der Waals surface area contributed by atoms with Gasteiger partial charge >= 0.3 is 0 Å².